The largest absolute Gasteiger partial charge is 0.497 e. The van der Waals surface area contributed by atoms with Crippen molar-refractivity contribution in [2.24, 2.45) is 0 Å². The summed E-state index contributed by atoms with van der Waals surface area (Å²) in [5.41, 5.74) is 1.54. The lowest BCUT2D eigenvalue weighted by Gasteiger charge is -2.06. The molecule has 0 aliphatic heterocycles. The number of nitriles is 1. The third-order valence-electron chi connectivity index (χ3n) is 2.65. The van der Waals surface area contributed by atoms with Crippen molar-refractivity contribution in [3.05, 3.63) is 47.9 Å². The molecule has 0 aliphatic rings. The van der Waals surface area contributed by atoms with Crippen LogP contribution in [0.15, 0.2) is 36.7 Å². The highest BCUT2D eigenvalue weighted by Crippen LogP contribution is 2.11. The first-order chi connectivity index (χ1) is 9.31. The minimum Gasteiger partial charge on any atom is -0.497 e. The second-order valence-corrected chi connectivity index (χ2v) is 3.92. The first-order valence-corrected chi connectivity index (χ1v) is 5.91. The fourth-order valence-electron chi connectivity index (χ4n) is 1.60. The lowest BCUT2D eigenvalue weighted by Crippen LogP contribution is -2.06. The summed E-state index contributed by atoms with van der Waals surface area (Å²) in [4.78, 5) is 8.03. The van der Waals surface area contributed by atoms with E-state index < -0.39 is 0 Å². The molecule has 0 saturated carbocycles. The van der Waals surface area contributed by atoms with E-state index in [0.717, 1.165) is 18.7 Å². The predicted octanol–water partition coefficient (Wildman–Crippen LogP) is 2.01. The molecule has 96 valence electrons. The van der Waals surface area contributed by atoms with Crippen LogP contribution < -0.4 is 10.1 Å². The Bertz CT molecular complexity index is 557. The van der Waals surface area contributed by atoms with E-state index in [1.807, 2.05) is 30.3 Å². The van der Waals surface area contributed by atoms with E-state index >= 15 is 0 Å². The Morgan fingerprint density at radius 3 is 2.58 bits per heavy atom. The normalized spacial score (nSPS) is 9.68. The van der Waals surface area contributed by atoms with Gasteiger partial charge in [0.25, 0.3) is 0 Å². The van der Waals surface area contributed by atoms with Crippen molar-refractivity contribution in [3.8, 4) is 11.8 Å². The molecule has 1 N–H and O–H groups in total. The Labute approximate surface area is 111 Å². The van der Waals surface area contributed by atoms with Crippen LogP contribution in [-0.2, 0) is 6.42 Å². The fourth-order valence-corrected chi connectivity index (χ4v) is 1.60. The molecule has 5 nitrogen and oxygen atoms in total. The van der Waals surface area contributed by atoms with Crippen LogP contribution in [-0.4, -0.2) is 23.6 Å². The van der Waals surface area contributed by atoms with Crippen LogP contribution in [0.1, 0.15) is 11.3 Å². The first kappa shape index (κ1) is 12.8. The van der Waals surface area contributed by atoms with Gasteiger partial charge in [0, 0.05) is 6.54 Å². The maximum Gasteiger partial charge on any atom is 0.158 e. The van der Waals surface area contributed by atoms with E-state index in [2.05, 4.69) is 15.3 Å². The molecule has 2 aromatic rings. The highest BCUT2D eigenvalue weighted by Gasteiger charge is 1.97. The number of aromatic nitrogens is 2. The van der Waals surface area contributed by atoms with Gasteiger partial charge in [-0.25, -0.2) is 9.97 Å². The molecule has 0 amide bonds. The van der Waals surface area contributed by atoms with E-state index in [1.165, 1.54) is 11.8 Å². The number of nitrogens with zero attached hydrogens (tertiary/aromatic N) is 3. The van der Waals surface area contributed by atoms with Crippen molar-refractivity contribution in [2.45, 2.75) is 6.42 Å². The molecule has 5 heteroatoms. The van der Waals surface area contributed by atoms with Crippen LogP contribution in [0, 0.1) is 11.3 Å². The van der Waals surface area contributed by atoms with Crippen LogP contribution in [0.2, 0.25) is 0 Å². The highest BCUT2D eigenvalue weighted by atomic mass is 16.5. The number of methoxy groups -OCH3 is 1. The number of anilines is 1. The summed E-state index contributed by atoms with van der Waals surface area (Å²) >= 11 is 0. The second kappa shape index (κ2) is 6.36. The number of ether oxygens (including phenoxy) is 1. The van der Waals surface area contributed by atoms with Gasteiger partial charge in [-0.2, -0.15) is 5.26 Å². The Hall–Kier alpha value is -2.61. The molecular weight excluding hydrogens is 240 g/mol. The maximum absolute atomic E-state index is 8.61. The Balaban J connectivity index is 1.83. The first-order valence-electron chi connectivity index (χ1n) is 5.91. The zero-order chi connectivity index (χ0) is 13.5. The summed E-state index contributed by atoms with van der Waals surface area (Å²) < 4.78 is 5.10. The topological polar surface area (TPSA) is 70.8 Å². The summed E-state index contributed by atoms with van der Waals surface area (Å²) in [6, 6.07) is 9.88. The fraction of sp³-hybridized carbons (Fsp3) is 0.214. The van der Waals surface area contributed by atoms with Gasteiger partial charge in [0.2, 0.25) is 0 Å². The summed E-state index contributed by atoms with van der Waals surface area (Å²) in [6.07, 6.45) is 3.90. The molecule has 0 fully saturated rings. The summed E-state index contributed by atoms with van der Waals surface area (Å²) in [7, 11) is 1.65. The second-order valence-electron chi connectivity index (χ2n) is 3.92. The molecule has 2 rings (SSSR count). The van der Waals surface area contributed by atoms with Gasteiger partial charge in [0.1, 0.15) is 17.6 Å². The van der Waals surface area contributed by atoms with Crippen LogP contribution in [0.3, 0.4) is 0 Å². The smallest absolute Gasteiger partial charge is 0.158 e. The van der Waals surface area contributed by atoms with E-state index in [4.69, 9.17) is 10.00 Å². The lowest BCUT2D eigenvalue weighted by atomic mass is 10.1. The van der Waals surface area contributed by atoms with Gasteiger partial charge in [-0.05, 0) is 24.1 Å². The van der Waals surface area contributed by atoms with Crippen molar-refractivity contribution in [2.75, 3.05) is 19.0 Å². The molecule has 0 unspecified atom stereocenters. The van der Waals surface area contributed by atoms with Crippen molar-refractivity contribution < 1.29 is 4.74 Å². The van der Waals surface area contributed by atoms with Crippen LogP contribution in [0.25, 0.3) is 0 Å². The molecule has 0 atom stereocenters. The molecule has 0 spiro atoms. The van der Waals surface area contributed by atoms with Gasteiger partial charge in [-0.15, -0.1) is 0 Å². The van der Waals surface area contributed by atoms with Gasteiger partial charge >= 0.3 is 0 Å². The minimum atomic E-state index is 0.320. The number of hydrogen-bond acceptors (Lipinski definition) is 5. The third kappa shape index (κ3) is 3.68. The van der Waals surface area contributed by atoms with Gasteiger partial charge in [-0.1, -0.05) is 12.1 Å². The number of rotatable bonds is 5. The number of benzene rings is 1. The average molecular weight is 254 g/mol. The van der Waals surface area contributed by atoms with E-state index in [1.54, 1.807) is 13.3 Å². The molecule has 0 bridgehead atoms. The molecule has 0 saturated heterocycles. The van der Waals surface area contributed by atoms with Crippen molar-refractivity contribution in [1.29, 1.82) is 5.26 Å². The Morgan fingerprint density at radius 2 is 2.00 bits per heavy atom. The van der Waals surface area contributed by atoms with Gasteiger partial charge in [0.15, 0.2) is 5.69 Å². The van der Waals surface area contributed by atoms with E-state index in [0.29, 0.717) is 11.5 Å². The summed E-state index contributed by atoms with van der Waals surface area (Å²) in [5.74, 6) is 1.53. The van der Waals surface area contributed by atoms with E-state index in [-0.39, 0.29) is 0 Å². The average Bonchev–Trinajstić information content (AvgIpc) is 2.49. The van der Waals surface area contributed by atoms with Gasteiger partial charge in [-0.3, -0.25) is 0 Å². The Kier molecular flexibility index (Phi) is 4.29. The zero-order valence-electron chi connectivity index (χ0n) is 10.6. The van der Waals surface area contributed by atoms with Crippen LogP contribution in [0.4, 0.5) is 5.82 Å². The third-order valence-corrected chi connectivity index (χ3v) is 2.65. The van der Waals surface area contributed by atoms with Crippen LogP contribution in [0.5, 0.6) is 5.75 Å². The molecule has 0 aliphatic carbocycles. The molecular formula is C14H14N4O. The van der Waals surface area contributed by atoms with Crippen molar-refractivity contribution >= 4 is 5.82 Å². The quantitative estimate of drug-likeness (QED) is 0.883. The van der Waals surface area contributed by atoms with E-state index in [9.17, 15) is 0 Å². The zero-order valence-corrected chi connectivity index (χ0v) is 10.6. The predicted molar refractivity (Wildman–Crippen MR) is 71.9 cm³/mol. The molecule has 1 aromatic carbocycles. The molecule has 1 aromatic heterocycles. The van der Waals surface area contributed by atoms with Crippen LogP contribution >= 0.6 is 0 Å². The standard InChI is InChI=1S/C14H14N4O/c1-19-13-4-2-11(3-5-13)6-7-16-14-10-17-12(8-15)9-18-14/h2-5,9-10H,6-7H2,1H3,(H,16,18). The van der Waals surface area contributed by atoms with Crippen molar-refractivity contribution in [3.63, 3.8) is 0 Å². The Morgan fingerprint density at radius 1 is 1.21 bits per heavy atom. The summed E-state index contributed by atoms with van der Waals surface area (Å²) in [5, 5.41) is 11.8. The number of nitrogens with one attached hydrogen (secondary N) is 1. The maximum atomic E-state index is 8.61. The molecule has 1 heterocycles. The summed E-state index contributed by atoms with van der Waals surface area (Å²) in [6.45, 7) is 0.757. The minimum absolute atomic E-state index is 0.320. The van der Waals surface area contributed by atoms with Gasteiger partial charge < -0.3 is 10.1 Å². The van der Waals surface area contributed by atoms with Crippen molar-refractivity contribution in [1.82, 2.24) is 9.97 Å². The van der Waals surface area contributed by atoms with Gasteiger partial charge in [0.05, 0.1) is 19.5 Å². The monoisotopic (exact) mass is 254 g/mol. The lowest BCUT2D eigenvalue weighted by molar-refractivity contribution is 0.414. The molecule has 0 radical (unpaired) electrons. The molecule has 19 heavy (non-hydrogen) atoms. The SMILES string of the molecule is COc1ccc(CCNc2cnc(C#N)cn2)cc1. The highest BCUT2D eigenvalue weighted by molar-refractivity contribution is 5.34. The number of hydrogen-bond donors (Lipinski definition) is 1.